The number of thiophene rings is 1. The molecular formula is C23H29N3O3S2. The molecule has 0 aliphatic carbocycles. The molecule has 0 N–H and O–H groups in total. The number of carbonyl (C=O) groups is 1. The van der Waals surface area contributed by atoms with E-state index in [-0.39, 0.29) is 17.2 Å². The van der Waals surface area contributed by atoms with Crippen molar-refractivity contribution in [3.05, 3.63) is 46.8 Å². The lowest BCUT2D eigenvalue weighted by Gasteiger charge is -2.26. The Balaban J connectivity index is 1.91. The van der Waals surface area contributed by atoms with Crippen LogP contribution in [0.2, 0.25) is 0 Å². The third-order valence-electron chi connectivity index (χ3n) is 4.61. The molecule has 3 aromatic rings. The third kappa shape index (κ3) is 5.49. The van der Waals surface area contributed by atoms with Gasteiger partial charge in [-0.25, -0.2) is 4.98 Å². The van der Waals surface area contributed by atoms with Gasteiger partial charge in [-0.15, -0.1) is 17.9 Å². The van der Waals surface area contributed by atoms with Crippen LogP contribution >= 0.6 is 23.1 Å². The van der Waals surface area contributed by atoms with Crippen molar-refractivity contribution in [2.45, 2.75) is 39.4 Å². The largest absolute Gasteiger partial charge is 0.464 e. The van der Waals surface area contributed by atoms with E-state index < -0.39 is 0 Å². The average Bonchev–Trinajstić information content (AvgIpc) is 3.36. The summed E-state index contributed by atoms with van der Waals surface area (Å²) in [5.41, 5.74) is 0.599. The summed E-state index contributed by atoms with van der Waals surface area (Å²) in [6, 6.07) is 3.63. The molecule has 0 fully saturated rings. The van der Waals surface area contributed by atoms with Gasteiger partial charge in [0.25, 0.3) is 5.56 Å². The number of carbonyl (C=O) groups excluding carboxylic acids is 1. The molecule has 0 radical (unpaired) electrons. The second-order valence-corrected chi connectivity index (χ2v) is 10.1. The number of allylic oxidation sites excluding steroid dienone is 1. The minimum Gasteiger partial charge on any atom is -0.464 e. The van der Waals surface area contributed by atoms with Gasteiger partial charge in [0.15, 0.2) is 5.16 Å². The molecule has 8 heteroatoms. The molecule has 6 nitrogen and oxygen atoms in total. The number of nitrogens with zero attached hydrogens (tertiary/aromatic N) is 3. The van der Waals surface area contributed by atoms with Gasteiger partial charge in [0.05, 0.1) is 17.4 Å². The Labute approximate surface area is 191 Å². The quantitative estimate of drug-likeness (QED) is 0.239. The fraction of sp³-hybridized carbons (Fsp3) is 0.435. The van der Waals surface area contributed by atoms with E-state index in [1.807, 2.05) is 16.3 Å². The lowest BCUT2D eigenvalue weighted by Crippen LogP contribution is -2.38. The van der Waals surface area contributed by atoms with Gasteiger partial charge in [0.2, 0.25) is 5.91 Å². The smallest absolute Gasteiger partial charge is 0.263 e. The molecule has 3 heterocycles. The minimum absolute atomic E-state index is 0.0642. The first kappa shape index (κ1) is 23.3. The van der Waals surface area contributed by atoms with Crippen LogP contribution in [-0.4, -0.2) is 39.2 Å². The van der Waals surface area contributed by atoms with E-state index in [0.717, 1.165) is 18.7 Å². The van der Waals surface area contributed by atoms with Gasteiger partial charge < -0.3 is 9.32 Å². The Morgan fingerprint density at radius 1 is 1.32 bits per heavy atom. The highest BCUT2D eigenvalue weighted by atomic mass is 32.2. The van der Waals surface area contributed by atoms with Gasteiger partial charge >= 0.3 is 0 Å². The van der Waals surface area contributed by atoms with Crippen LogP contribution in [-0.2, 0) is 11.3 Å². The molecule has 3 rings (SSSR count). The lowest BCUT2D eigenvalue weighted by molar-refractivity contribution is -0.129. The summed E-state index contributed by atoms with van der Waals surface area (Å²) in [4.78, 5) is 33.5. The first-order chi connectivity index (χ1) is 14.8. The maximum Gasteiger partial charge on any atom is 0.263 e. The van der Waals surface area contributed by atoms with Gasteiger partial charge in [-0.3, -0.25) is 14.2 Å². The number of aromatic nitrogens is 2. The summed E-state index contributed by atoms with van der Waals surface area (Å²) < 4.78 is 7.08. The molecule has 166 valence electrons. The van der Waals surface area contributed by atoms with Crippen molar-refractivity contribution in [2.24, 2.45) is 11.8 Å². The monoisotopic (exact) mass is 459 g/mol. The molecule has 1 amide bonds. The van der Waals surface area contributed by atoms with E-state index in [2.05, 4.69) is 34.3 Å². The summed E-state index contributed by atoms with van der Waals surface area (Å²) in [6.45, 7) is 14.0. The Bertz CT molecular complexity index is 1090. The number of amides is 1. The van der Waals surface area contributed by atoms with Gasteiger partial charge in [-0.05, 0) is 24.0 Å². The zero-order valence-electron chi connectivity index (χ0n) is 18.5. The molecule has 0 saturated carbocycles. The van der Waals surface area contributed by atoms with E-state index in [0.29, 0.717) is 39.5 Å². The second-order valence-electron chi connectivity index (χ2n) is 8.28. The van der Waals surface area contributed by atoms with Gasteiger partial charge in [0, 0.05) is 30.6 Å². The second kappa shape index (κ2) is 10.3. The molecule has 0 aromatic carbocycles. The molecule has 0 bridgehead atoms. The topological polar surface area (TPSA) is 68.3 Å². The normalized spacial score (nSPS) is 11.5. The standard InChI is InChI=1S/C23H29N3O3S2/c1-6-9-26-22(28)20-17(18-8-7-10-29-18)13-30-21(20)24-23(26)31-14-19(27)25(11-15(2)3)12-16(4)5/h6-8,10,13,15-16H,1,9,11-12,14H2,2-5H3. The molecule has 3 aromatic heterocycles. The van der Waals surface area contributed by atoms with Crippen molar-refractivity contribution < 1.29 is 9.21 Å². The fourth-order valence-electron chi connectivity index (χ4n) is 3.40. The number of hydrogen-bond acceptors (Lipinski definition) is 6. The van der Waals surface area contributed by atoms with Crippen LogP contribution in [0.4, 0.5) is 0 Å². The molecule has 0 spiro atoms. The maximum atomic E-state index is 13.3. The number of hydrogen-bond donors (Lipinski definition) is 0. The van der Waals surface area contributed by atoms with E-state index in [1.54, 1.807) is 23.0 Å². The Morgan fingerprint density at radius 3 is 2.61 bits per heavy atom. The Kier molecular flexibility index (Phi) is 7.78. The van der Waals surface area contributed by atoms with Gasteiger partial charge in [-0.1, -0.05) is 45.5 Å². The van der Waals surface area contributed by atoms with Crippen LogP contribution < -0.4 is 5.56 Å². The first-order valence-electron chi connectivity index (χ1n) is 10.4. The van der Waals surface area contributed by atoms with Crippen molar-refractivity contribution in [1.29, 1.82) is 0 Å². The van der Waals surface area contributed by atoms with E-state index in [4.69, 9.17) is 9.40 Å². The zero-order valence-corrected chi connectivity index (χ0v) is 20.1. The molecule has 0 aliphatic heterocycles. The van der Waals surface area contributed by atoms with Crippen molar-refractivity contribution in [2.75, 3.05) is 18.8 Å². The van der Waals surface area contributed by atoms with E-state index in [1.165, 1.54) is 23.1 Å². The summed E-state index contributed by atoms with van der Waals surface area (Å²) in [7, 11) is 0. The predicted molar refractivity (Wildman–Crippen MR) is 129 cm³/mol. The van der Waals surface area contributed by atoms with Crippen LogP contribution in [0.5, 0.6) is 0 Å². The molecular weight excluding hydrogens is 430 g/mol. The zero-order chi connectivity index (χ0) is 22.5. The highest BCUT2D eigenvalue weighted by molar-refractivity contribution is 7.99. The van der Waals surface area contributed by atoms with Crippen LogP contribution in [0.15, 0.2) is 50.8 Å². The van der Waals surface area contributed by atoms with Crippen LogP contribution in [0.25, 0.3) is 21.5 Å². The highest BCUT2D eigenvalue weighted by Crippen LogP contribution is 2.32. The van der Waals surface area contributed by atoms with Crippen molar-refractivity contribution in [3.8, 4) is 11.3 Å². The summed E-state index contributed by atoms with van der Waals surface area (Å²) in [5.74, 6) is 1.74. The first-order valence-corrected chi connectivity index (χ1v) is 12.3. The average molecular weight is 460 g/mol. The molecule has 0 unspecified atom stereocenters. The highest BCUT2D eigenvalue weighted by Gasteiger charge is 2.21. The SMILES string of the molecule is C=CCn1c(SCC(=O)N(CC(C)C)CC(C)C)nc2scc(-c3ccco3)c2c1=O. The van der Waals surface area contributed by atoms with Crippen LogP contribution in [0.1, 0.15) is 27.7 Å². The van der Waals surface area contributed by atoms with Crippen LogP contribution in [0.3, 0.4) is 0 Å². The van der Waals surface area contributed by atoms with Crippen molar-refractivity contribution >= 4 is 39.2 Å². The minimum atomic E-state index is -0.145. The number of fused-ring (bicyclic) bond motifs is 1. The van der Waals surface area contributed by atoms with Crippen molar-refractivity contribution in [3.63, 3.8) is 0 Å². The number of rotatable bonds is 10. The summed E-state index contributed by atoms with van der Waals surface area (Å²) in [6.07, 6.45) is 3.26. The van der Waals surface area contributed by atoms with Gasteiger partial charge in [-0.2, -0.15) is 0 Å². The number of thioether (sulfide) groups is 1. The molecule has 0 atom stereocenters. The van der Waals surface area contributed by atoms with E-state index in [9.17, 15) is 9.59 Å². The summed E-state index contributed by atoms with van der Waals surface area (Å²) in [5, 5.41) is 2.97. The Hall–Kier alpha value is -2.32. The maximum absolute atomic E-state index is 13.3. The lowest BCUT2D eigenvalue weighted by atomic mass is 10.1. The third-order valence-corrected chi connectivity index (χ3v) is 6.44. The van der Waals surface area contributed by atoms with E-state index >= 15 is 0 Å². The summed E-state index contributed by atoms with van der Waals surface area (Å²) >= 11 is 2.72. The predicted octanol–water partition coefficient (Wildman–Crippen LogP) is 5.14. The molecule has 31 heavy (non-hydrogen) atoms. The Morgan fingerprint density at radius 2 is 2.03 bits per heavy atom. The van der Waals surface area contributed by atoms with Gasteiger partial charge in [0.1, 0.15) is 10.6 Å². The van der Waals surface area contributed by atoms with Crippen LogP contribution in [0, 0.1) is 11.8 Å². The number of furan rings is 1. The molecule has 0 saturated heterocycles. The fourth-order valence-corrected chi connectivity index (χ4v) is 5.28. The van der Waals surface area contributed by atoms with Crippen molar-refractivity contribution in [1.82, 2.24) is 14.5 Å². The molecule has 0 aliphatic rings.